The minimum absolute atomic E-state index is 0.102. The molecular formula is C10H21NO2. The molecule has 0 bridgehead atoms. The van der Waals surface area contributed by atoms with Gasteiger partial charge >= 0.3 is 0 Å². The van der Waals surface area contributed by atoms with Gasteiger partial charge in [-0.15, -0.1) is 0 Å². The van der Waals surface area contributed by atoms with Crippen LogP contribution in [-0.2, 0) is 4.79 Å². The van der Waals surface area contributed by atoms with Gasteiger partial charge in [0.1, 0.15) is 0 Å². The van der Waals surface area contributed by atoms with Crippen molar-refractivity contribution in [2.75, 3.05) is 6.61 Å². The van der Waals surface area contributed by atoms with Crippen LogP contribution >= 0.6 is 0 Å². The molecule has 0 spiro atoms. The Bertz CT molecular complexity index is 149. The van der Waals surface area contributed by atoms with Crippen molar-refractivity contribution >= 4 is 5.91 Å². The summed E-state index contributed by atoms with van der Waals surface area (Å²) in [6.45, 7) is 6.14. The van der Waals surface area contributed by atoms with Gasteiger partial charge in [-0.05, 0) is 33.6 Å². The van der Waals surface area contributed by atoms with Crippen molar-refractivity contribution in [1.29, 1.82) is 0 Å². The molecule has 13 heavy (non-hydrogen) atoms. The fourth-order valence-electron chi connectivity index (χ4n) is 1.05. The molecule has 3 heteroatoms. The van der Waals surface area contributed by atoms with Crippen LogP contribution in [0.4, 0.5) is 0 Å². The van der Waals surface area contributed by atoms with Crippen LogP contribution in [-0.4, -0.2) is 23.2 Å². The molecule has 0 atom stereocenters. The van der Waals surface area contributed by atoms with E-state index in [1.807, 2.05) is 20.8 Å². The van der Waals surface area contributed by atoms with Crippen molar-refractivity contribution in [1.82, 2.24) is 5.32 Å². The van der Waals surface area contributed by atoms with E-state index in [1.165, 1.54) is 0 Å². The maximum absolute atomic E-state index is 11.2. The molecule has 78 valence electrons. The lowest BCUT2D eigenvalue weighted by Crippen LogP contribution is -2.40. The van der Waals surface area contributed by atoms with E-state index < -0.39 is 0 Å². The molecule has 2 N–H and O–H groups in total. The lowest BCUT2D eigenvalue weighted by molar-refractivity contribution is -0.122. The lowest BCUT2D eigenvalue weighted by atomic mass is 10.1. The van der Waals surface area contributed by atoms with E-state index >= 15 is 0 Å². The molecule has 0 radical (unpaired) electrons. The topological polar surface area (TPSA) is 49.3 Å². The molecule has 0 aromatic heterocycles. The number of hydrogen-bond acceptors (Lipinski definition) is 2. The highest BCUT2D eigenvalue weighted by Gasteiger charge is 2.12. The molecule has 0 aliphatic heterocycles. The molecule has 0 heterocycles. The van der Waals surface area contributed by atoms with Crippen LogP contribution < -0.4 is 5.32 Å². The predicted molar refractivity (Wildman–Crippen MR) is 53.4 cm³/mol. The minimum Gasteiger partial charge on any atom is -0.396 e. The number of aliphatic hydroxyl groups excluding tert-OH is 1. The third-order valence-electron chi connectivity index (χ3n) is 1.58. The molecular weight excluding hydrogens is 166 g/mol. The summed E-state index contributed by atoms with van der Waals surface area (Å²) in [5.41, 5.74) is -0.131. The summed E-state index contributed by atoms with van der Waals surface area (Å²) < 4.78 is 0. The van der Waals surface area contributed by atoms with Crippen molar-refractivity contribution in [2.24, 2.45) is 0 Å². The molecule has 1 amide bonds. The Labute approximate surface area is 80.5 Å². The molecule has 0 fully saturated rings. The number of aliphatic hydroxyl groups is 1. The highest BCUT2D eigenvalue weighted by Crippen LogP contribution is 2.03. The van der Waals surface area contributed by atoms with Gasteiger partial charge in [0, 0.05) is 18.6 Å². The highest BCUT2D eigenvalue weighted by molar-refractivity contribution is 5.76. The number of amides is 1. The Kier molecular flexibility index (Phi) is 5.71. The van der Waals surface area contributed by atoms with Crippen LogP contribution in [0.25, 0.3) is 0 Å². The highest BCUT2D eigenvalue weighted by atomic mass is 16.2. The number of unbranched alkanes of at least 4 members (excludes halogenated alkanes) is 2. The molecule has 0 saturated carbocycles. The van der Waals surface area contributed by atoms with Gasteiger partial charge in [0.15, 0.2) is 0 Å². The van der Waals surface area contributed by atoms with Gasteiger partial charge in [-0.1, -0.05) is 6.42 Å². The average Bonchev–Trinajstić information content (AvgIpc) is 1.94. The number of hydrogen-bond donors (Lipinski definition) is 2. The SMILES string of the molecule is CC(C)(C)NC(=O)CCCCCO. The van der Waals surface area contributed by atoms with Crippen molar-refractivity contribution in [3.05, 3.63) is 0 Å². The summed E-state index contributed by atoms with van der Waals surface area (Å²) in [7, 11) is 0. The van der Waals surface area contributed by atoms with Gasteiger partial charge in [0.05, 0.1) is 0 Å². The minimum atomic E-state index is -0.131. The van der Waals surface area contributed by atoms with Crippen molar-refractivity contribution in [2.45, 2.75) is 52.0 Å². The van der Waals surface area contributed by atoms with Crippen LogP contribution in [0.15, 0.2) is 0 Å². The van der Waals surface area contributed by atoms with E-state index in [-0.39, 0.29) is 18.1 Å². The molecule has 0 aromatic rings. The zero-order chi connectivity index (χ0) is 10.3. The van der Waals surface area contributed by atoms with E-state index in [2.05, 4.69) is 5.32 Å². The number of carbonyl (C=O) groups is 1. The standard InChI is InChI=1S/C10H21NO2/c1-10(2,3)11-9(13)7-5-4-6-8-12/h12H,4-8H2,1-3H3,(H,11,13). The smallest absolute Gasteiger partial charge is 0.220 e. The summed E-state index contributed by atoms with van der Waals surface area (Å²) in [4.78, 5) is 11.2. The van der Waals surface area contributed by atoms with E-state index in [0.29, 0.717) is 6.42 Å². The number of carbonyl (C=O) groups excluding carboxylic acids is 1. The first-order valence-electron chi connectivity index (χ1n) is 4.87. The monoisotopic (exact) mass is 187 g/mol. The number of rotatable bonds is 5. The van der Waals surface area contributed by atoms with Crippen molar-refractivity contribution in [3.63, 3.8) is 0 Å². The maximum Gasteiger partial charge on any atom is 0.220 e. The Morgan fingerprint density at radius 3 is 2.31 bits per heavy atom. The normalized spacial score (nSPS) is 11.4. The zero-order valence-electron chi connectivity index (χ0n) is 8.89. The Morgan fingerprint density at radius 1 is 1.23 bits per heavy atom. The fourth-order valence-corrected chi connectivity index (χ4v) is 1.05. The quantitative estimate of drug-likeness (QED) is 0.640. The summed E-state index contributed by atoms with van der Waals surface area (Å²) in [5.74, 6) is 0.102. The van der Waals surface area contributed by atoms with Gasteiger partial charge in [-0.3, -0.25) is 4.79 Å². The predicted octanol–water partition coefficient (Wildman–Crippen LogP) is 1.45. The van der Waals surface area contributed by atoms with E-state index in [0.717, 1.165) is 19.3 Å². The second-order valence-corrected chi connectivity index (χ2v) is 4.33. The van der Waals surface area contributed by atoms with E-state index in [4.69, 9.17) is 5.11 Å². The Hall–Kier alpha value is -0.570. The number of nitrogens with one attached hydrogen (secondary N) is 1. The van der Waals surface area contributed by atoms with Gasteiger partial charge in [0.2, 0.25) is 5.91 Å². The second-order valence-electron chi connectivity index (χ2n) is 4.33. The molecule has 0 aliphatic rings. The third kappa shape index (κ3) is 9.34. The first-order valence-corrected chi connectivity index (χ1v) is 4.87. The van der Waals surface area contributed by atoms with Crippen LogP contribution in [0.2, 0.25) is 0 Å². The molecule has 3 nitrogen and oxygen atoms in total. The largest absolute Gasteiger partial charge is 0.396 e. The summed E-state index contributed by atoms with van der Waals surface area (Å²) in [5, 5.41) is 11.4. The fraction of sp³-hybridized carbons (Fsp3) is 0.900. The molecule has 0 saturated heterocycles. The molecule has 0 rings (SSSR count). The summed E-state index contributed by atoms with van der Waals surface area (Å²) in [6, 6.07) is 0. The first kappa shape index (κ1) is 12.4. The third-order valence-corrected chi connectivity index (χ3v) is 1.58. The van der Waals surface area contributed by atoms with Gasteiger partial charge in [0.25, 0.3) is 0 Å². The summed E-state index contributed by atoms with van der Waals surface area (Å²) >= 11 is 0. The first-order chi connectivity index (χ1) is 5.95. The second kappa shape index (κ2) is 5.97. The van der Waals surface area contributed by atoms with E-state index in [9.17, 15) is 4.79 Å². The van der Waals surface area contributed by atoms with Crippen LogP contribution in [0.5, 0.6) is 0 Å². The summed E-state index contributed by atoms with van der Waals surface area (Å²) in [6.07, 6.45) is 3.15. The Morgan fingerprint density at radius 2 is 1.85 bits per heavy atom. The van der Waals surface area contributed by atoms with E-state index in [1.54, 1.807) is 0 Å². The van der Waals surface area contributed by atoms with Gasteiger partial charge in [-0.2, -0.15) is 0 Å². The molecule has 0 aliphatic carbocycles. The maximum atomic E-state index is 11.2. The molecule has 0 aromatic carbocycles. The Balaban J connectivity index is 3.41. The van der Waals surface area contributed by atoms with Crippen molar-refractivity contribution < 1.29 is 9.90 Å². The van der Waals surface area contributed by atoms with Crippen LogP contribution in [0, 0.1) is 0 Å². The van der Waals surface area contributed by atoms with Crippen molar-refractivity contribution in [3.8, 4) is 0 Å². The van der Waals surface area contributed by atoms with Crippen LogP contribution in [0.1, 0.15) is 46.5 Å². The zero-order valence-corrected chi connectivity index (χ0v) is 8.89. The average molecular weight is 187 g/mol. The lowest BCUT2D eigenvalue weighted by Gasteiger charge is -2.20. The van der Waals surface area contributed by atoms with Gasteiger partial charge < -0.3 is 10.4 Å². The van der Waals surface area contributed by atoms with Crippen LogP contribution in [0.3, 0.4) is 0 Å². The molecule has 0 unspecified atom stereocenters. The van der Waals surface area contributed by atoms with Gasteiger partial charge in [-0.25, -0.2) is 0 Å².